The quantitative estimate of drug-likeness (QED) is 0.795. The van der Waals surface area contributed by atoms with Crippen molar-refractivity contribution in [3.63, 3.8) is 0 Å². The third-order valence-electron chi connectivity index (χ3n) is 4.73. The normalized spacial score (nSPS) is 29.9. The van der Waals surface area contributed by atoms with Gasteiger partial charge in [0.15, 0.2) is 0 Å². The second kappa shape index (κ2) is 6.75. The Bertz CT molecular complexity index is 382. The molecule has 1 N–H and O–H groups in total. The summed E-state index contributed by atoms with van der Waals surface area (Å²) in [4.78, 5) is 28.2. The van der Waals surface area contributed by atoms with Crippen LogP contribution in [-0.4, -0.2) is 73.1 Å². The monoisotopic (exact) mass is 295 g/mol. The first-order valence-corrected chi connectivity index (χ1v) is 8.15. The molecule has 3 aliphatic heterocycles. The lowest BCUT2D eigenvalue weighted by atomic mass is 10.1. The molecule has 0 aromatic heterocycles. The Morgan fingerprint density at radius 2 is 1.81 bits per heavy atom. The highest BCUT2D eigenvalue weighted by atomic mass is 16.5. The predicted octanol–water partition coefficient (Wildman–Crippen LogP) is -0.0217. The largest absolute Gasteiger partial charge is 0.368 e. The van der Waals surface area contributed by atoms with Crippen LogP contribution in [0.1, 0.15) is 32.1 Å². The molecule has 2 unspecified atom stereocenters. The van der Waals surface area contributed by atoms with E-state index in [0.29, 0.717) is 45.2 Å². The van der Waals surface area contributed by atoms with E-state index in [9.17, 15) is 9.59 Å². The first-order valence-electron chi connectivity index (χ1n) is 8.15. The summed E-state index contributed by atoms with van der Waals surface area (Å²) in [7, 11) is 0. The summed E-state index contributed by atoms with van der Waals surface area (Å²) in [5.74, 6) is 0.329. The van der Waals surface area contributed by atoms with E-state index < -0.39 is 0 Å². The minimum absolute atomic E-state index is 0.108. The van der Waals surface area contributed by atoms with Gasteiger partial charge in [0.25, 0.3) is 5.91 Å². The van der Waals surface area contributed by atoms with Gasteiger partial charge in [0.2, 0.25) is 5.91 Å². The summed E-state index contributed by atoms with van der Waals surface area (Å²) in [5, 5.41) is 3.36. The van der Waals surface area contributed by atoms with Gasteiger partial charge in [-0.1, -0.05) is 0 Å². The van der Waals surface area contributed by atoms with Gasteiger partial charge in [0.05, 0.1) is 0 Å². The van der Waals surface area contributed by atoms with Gasteiger partial charge < -0.3 is 19.9 Å². The van der Waals surface area contributed by atoms with E-state index in [-0.39, 0.29) is 17.9 Å². The Morgan fingerprint density at radius 3 is 2.43 bits per heavy atom. The fraction of sp³-hybridized carbons (Fsp3) is 0.867. The summed E-state index contributed by atoms with van der Waals surface area (Å²) in [6.07, 6.45) is 4.44. The summed E-state index contributed by atoms with van der Waals surface area (Å²) >= 11 is 0. The van der Waals surface area contributed by atoms with Gasteiger partial charge in [-0.25, -0.2) is 0 Å². The summed E-state index contributed by atoms with van der Waals surface area (Å²) in [6, 6.07) is 0.351. The molecule has 0 bridgehead atoms. The molecular formula is C15H25N3O3. The fourth-order valence-electron chi connectivity index (χ4n) is 3.42. The number of nitrogens with one attached hydrogen (secondary N) is 1. The van der Waals surface area contributed by atoms with Crippen LogP contribution in [0.5, 0.6) is 0 Å². The number of hydrogen-bond acceptors (Lipinski definition) is 4. The third-order valence-corrected chi connectivity index (χ3v) is 4.73. The van der Waals surface area contributed by atoms with Crippen LogP contribution in [0.2, 0.25) is 0 Å². The zero-order valence-corrected chi connectivity index (χ0v) is 12.6. The zero-order chi connectivity index (χ0) is 14.7. The number of amides is 2. The summed E-state index contributed by atoms with van der Waals surface area (Å²) in [5.41, 5.74) is 0. The van der Waals surface area contributed by atoms with Crippen LogP contribution in [0.25, 0.3) is 0 Å². The maximum atomic E-state index is 12.2. The van der Waals surface area contributed by atoms with Crippen LogP contribution in [-0.2, 0) is 14.3 Å². The molecule has 2 amide bonds. The van der Waals surface area contributed by atoms with Gasteiger partial charge in [0, 0.05) is 45.2 Å². The topological polar surface area (TPSA) is 61.9 Å². The molecule has 0 spiro atoms. The van der Waals surface area contributed by atoms with Crippen LogP contribution in [0.15, 0.2) is 0 Å². The highest BCUT2D eigenvalue weighted by Crippen LogP contribution is 2.17. The van der Waals surface area contributed by atoms with Gasteiger partial charge in [-0.3, -0.25) is 9.59 Å². The number of hydrogen-bond donors (Lipinski definition) is 1. The summed E-state index contributed by atoms with van der Waals surface area (Å²) in [6.45, 7) is 4.32. The third kappa shape index (κ3) is 3.55. The number of carbonyl (C=O) groups excluding carboxylic acids is 2. The Balaban J connectivity index is 1.43. The van der Waals surface area contributed by atoms with E-state index in [0.717, 1.165) is 25.8 Å². The molecule has 0 aromatic rings. The Hall–Kier alpha value is -1.14. The number of ether oxygens (including phenoxy) is 1. The minimum Gasteiger partial charge on any atom is -0.368 e. The van der Waals surface area contributed by atoms with Crippen LogP contribution < -0.4 is 5.32 Å². The van der Waals surface area contributed by atoms with Crippen molar-refractivity contribution < 1.29 is 14.3 Å². The van der Waals surface area contributed by atoms with Crippen molar-refractivity contribution in [3.05, 3.63) is 0 Å². The van der Waals surface area contributed by atoms with E-state index in [1.165, 1.54) is 6.42 Å². The maximum absolute atomic E-state index is 12.2. The molecule has 0 aromatic carbocycles. The SMILES string of the molecule is O=C(CC1CCCN1)N1CCN(C(=O)C2CCCO2)CC1. The van der Waals surface area contributed by atoms with Gasteiger partial charge >= 0.3 is 0 Å². The average Bonchev–Trinajstić information content (AvgIpc) is 3.20. The molecule has 118 valence electrons. The molecule has 3 rings (SSSR count). The smallest absolute Gasteiger partial charge is 0.251 e. The van der Waals surface area contributed by atoms with Crippen molar-refractivity contribution >= 4 is 11.8 Å². The van der Waals surface area contributed by atoms with Crippen LogP contribution in [0, 0.1) is 0 Å². The van der Waals surface area contributed by atoms with Gasteiger partial charge in [-0.15, -0.1) is 0 Å². The average molecular weight is 295 g/mol. The molecule has 2 atom stereocenters. The summed E-state index contributed by atoms with van der Waals surface area (Å²) < 4.78 is 5.45. The molecule has 3 heterocycles. The standard InChI is InChI=1S/C15H25N3O3/c19-14(11-12-3-1-5-16-12)17-6-8-18(9-7-17)15(20)13-4-2-10-21-13/h12-13,16H,1-11H2. The van der Waals surface area contributed by atoms with Crippen LogP contribution in [0.3, 0.4) is 0 Å². The number of carbonyl (C=O) groups is 2. The molecule has 21 heavy (non-hydrogen) atoms. The Labute approximate surface area is 125 Å². The van der Waals surface area contributed by atoms with Crippen molar-refractivity contribution in [2.24, 2.45) is 0 Å². The van der Waals surface area contributed by atoms with Gasteiger partial charge in [0.1, 0.15) is 6.10 Å². The highest BCUT2D eigenvalue weighted by molar-refractivity contribution is 5.82. The van der Waals surface area contributed by atoms with E-state index in [1.54, 1.807) is 0 Å². The Morgan fingerprint density at radius 1 is 1.05 bits per heavy atom. The van der Waals surface area contributed by atoms with Crippen molar-refractivity contribution in [1.82, 2.24) is 15.1 Å². The van der Waals surface area contributed by atoms with Crippen molar-refractivity contribution in [2.75, 3.05) is 39.3 Å². The molecule has 6 heteroatoms. The first kappa shape index (κ1) is 14.8. The maximum Gasteiger partial charge on any atom is 0.251 e. The second-order valence-corrected chi connectivity index (χ2v) is 6.21. The molecule has 3 saturated heterocycles. The lowest BCUT2D eigenvalue weighted by molar-refractivity contribution is -0.146. The fourth-order valence-corrected chi connectivity index (χ4v) is 3.42. The van der Waals surface area contributed by atoms with Crippen molar-refractivity contribution in [1.29, 1.82) is 0 Å². The van der Waals surface area contributed by atoms with E-state index in [2.05, 4.69) is 5.32 Å². The molecular weight excluding hydrogens is 270 g/mol. The lowest BCUT2D eigenvalue weighted by Gasteiger charge is -2.36. The van der Waals surface area contributed by atoms with Crippen molar-refractivity contribution in [2.45, 2.75) is 44.2 Å². The molecule has 3 fully saturated rings. The zero-order valence-electron chi connectivity index (χ0n) is 12.6. The number of piperazine rings is 1. The predicted molar refractivity (Wildman–Crippen MR) is 77.8 cm³/mol. The van der Waals surface area contributed by atoms with Gasteiger partial charge in [-0.05, 0) is 32.2 Å². The second-order valence-electron chi connectivity index (χ2n) is 6.21. The molecule has 0 aliphatic carbocycles. The highest BCUT2D eigenvalue weighted by Gasteiger charge is 2.31. The van der Waals surface area contributed by atoms with Gasteiger partial charge in [-0.2, -0.15) is 0 Å². The van der Waals surface area contributed by atoms with Crippen LogP contribution >= 0.6 is 0 Å². The first-order chi connectivity index (χ1) is 10.2. The number of rotatable bonds is 3. The number of nitrogens with zero attached hydrogens (tertiary/aromatic N) is 2. The molecule has 3 aliphatic rings. The lowest BCUT2D eigenvalue weighted by Crippen LogP contribution is -2.53. The molecule has 0 radical (unpaired) electrons. The molecule has 6 nitrogen and oxygen atoms in total. The van der Waals surface area contributed by atoms with Crippen molar-refractivity contribution in [3.8, 4) is 0 Å². The van der Waals surface area contributed by atoms with E-state index >= 15 is 0 Å². The Kier molecular flexibility index (Phi) is 4.75. The van der Waals surface area contributed by atoms with E-state index in [1.807, 2.05) is 9.80 Å². The minimum atomic E-state index is -0.241. The van der Waals surface area contributed by atoms with Crippen LogP contribution in [0.4, 0.5) is 0 Å². The van der Waals surface area contributed by atoms with E-state index in [4.69, 9.17) is 4.74 Å². The molecule has 0 saturated carbocycles.